The van der Waals surface area contributed by atoms with Gasteiger partial charge in [0.25, 0.3) is 0 Å². The Balaban J connectivity index is 1.88. The fourth-order valence-electron chi connectivity index (χ4n) is 3.54. The van der Waals surface area contributed by atoms with Gasteiger partial charge in [0.2, 0.25) is 5.89 Å². The van der Waals surface area contributed by atoms with Gasteiger partial charge in [-0.1, -0.05) is 25.5 Å². The van der Waals surface area contributed by atoms with Crippen molar-refractivity contribution >= 4 is 5.78 Å². The summed E-state index contributed by atoms with van der Waals surface area (Å²) < 4.78 is 9.47. The predicted molar refractivity (Wildman–Crippen MR) is 75.7 cm³/mol. The zero-order valence-electron chi connectivity index (χ0n) is 12.5. The minimum absolute atomic E-state index is 0.00214. The molecule has 5 nitrogen and oxygen atoms in total. The van der Waals surface area contributed by atoms with E-state index < -0.39 is 5.82 Å². The summed E-state index contributed by atoms with van der Waals surface area (Å²) in [5.41, 5.74) is 2.06. The first kappa shape index (κ1) is 14.0. The zero-order valence-corrected chi connectivity index (χ0v) is 12.5. The number of hydrogen-bond acceptors (Lipinski definition) is 5. The number of ketones is 1. The van der Waals surface area contributed by atoms with Crippen LogP contribution in [-0.2, 0) is 4.79 Å². The summed E-state index contributed by atoms with van der Waals surface area (Å²) in [6.45, 7) is 6.08. The quantitative estimate of drug-likeness (QED) is 0.836. The molecule has 0 amide bonds. The van der Waals surface area contributed by atoms with Crippen molar-refractivity contribution in [1.29, 1.82) is 0 Å². The third-order valence-corrected chi connectivity index (χ3v) is 5.11. The van der Waals surface area contributed by atoms with E-state index in [9.17, 15) is 9.59 Å². The Kier molecular flexibility index (Phi) is 3.23. The molecular weight excluding hydrogens is 270 g/mol. The van der Waals surface area contributed by atoms with E-state index >= 15 is 0 Å². The van der Waals surface area contributed by atoms with Crippen LogP contribution in [0, 0.1) is 11.3 Å². The maximum atomic E-state index is 11.9. The summed E-state index contributed by atoms with van der Waals surface area (Å²) in [4.78, 5) is 22.9. The smallest absolute Gasteiger partial charge is 0.375 e. The van der Waals surface area contributed by atoms with Crippen molar-refractivity contribution < 1.29 is 13.7 Å². The van der Waals surface area contributed by atoms with Crippen molar-refractivity contribution in [3.63, 3.8) is 0 Å². The molecule has 0 aromatic carbocycles. The van der Waals surface area contributed by atoms with Gasteiger partial charge in [-0.15, -0.1) is 0 Å². The molecule has 0 bridgehead atoms. The van der Waals surface area contributed by atoms with E-state index in [0.717, 1.165) is 24.8 Å². The average Bonchev–Trinajstić information content (AvgIpc) is 2.89. The van der Waals surface area contributed by atoms with E-state index in [1.807, 2.05) is 19.9 Å². The Bertz CT molecular complexity index is 693. The van der Waals surface area contributed by atoms with Crippen LogP contribution in [0.4, 0.5) is 0 Å². The minimum atomic E-state index is -0.760. The van der Waals surface area contributed by atoms with E-state index in [1.54, 1.807) is 6.08 Å². The Labute approximate surface area is 122 Å². The number of allylic oxidation sites excluding steroid dienone is 4. The normalized spacial score (nSPS) is 30.4. The Hall–Kier alpha value is -1.91. The monoisotopic (exact) mass is 289 g/mol. The molecule has 0 unspecified atom stereocenters. The molecule has 0 aliphatic heterocycles. The van der Waals surface area contributed by atoms with Crippen molar-refractivity contribution in [3.05, 3.63) is 39.8 Å². The lowest BCUT2D eigenvalue weighted by Gasteiger charge is -2.41. The van der Waals surface area contributed by atoms with E-state index in [-0.39, 0.29) is 17.1 Å². The minimum Gasteiger partial charge on any atom is -0.375 e. The second kappa shape index (κ2) is 4.83. The number of aromatic nitrogens is 1. The van der Waals surface area contributed by atoms with Crippen molar-refractivity contribution in [2.24, 2.45) is 11.3 Å². The van der Waals surface area contributed by atoms with Gasteiger partial charge in [-0.25, -0.2) is 4.79 Å². The molecule has 1 aromatic rings. The van der Waals surface area contributed by atoms with E-state index in [0.29, 0.717) is 11.8 Å². The topological polar surface area (TPSA) is 73.3 Å². The maximum Gasteiger partial charge on any atom is 0.542 e. The molecule has 2 aliphatic rings. The molecule has 0 N–H and O–H groups in total. The molecule has 5 heteroatoms. The molecule has 112 valence electrons. The standard InChI is InChI=1S/C16H19NO4/c1-9(14-17-21-15(19)20-14)11-4-6-16(3)7-5-13(18)10(2)12(16)8-11/h5,7,9,11H,4,6,8H2,1-3H3/t9-,11+,16-/m0/s1. The van der Waals surface area contributed by atoms with Crippen LogP contribution in [0.5, 0.6) is 0 Å². The summed E-state index contributed by atoms with van der Waals surface area (Å²) >= 11 is 0. The van der Waals surface area contributed by atoms with Crippen LogP contribution in [0.25, 0.3) is 0 Å². The highest BCUT2D eigenvalue weighted by molar-refractivity contribution is 6.05. The Morgan fingerprint density at radius 2 is 2.19 bits per heavy atom. The van der Waals surface area contributed by atoms with Crippen LogP contribution in [-0.4, -0.2) is 10.9 Å². The lowest BCUT2D eigenvalue weighted by atomic mass is 9.62. The molecule has 0 saturated heterocycles. The van der Waals surface area contributed by atoms with Crippen LogP contribution in [0.2, 0.25) is 0 Å². The number of fused-ring (bicyclic) bond motifs is 1. The first-order valence-corrected chi connectivity index (χ1v) is 7.31. The number of hydrogen-bond donors (Lipinski definition) is 0. The molecule has 1 aromatic heterocycles. The van der Waals surface area contributed by atoms with Gasteiger partial charge in [-0.3, -0.25) is 9.32 Å². The third kappa shape index (κ3) is 2.30. The number of nitrogens with zero attached hydrogens (tertiary/aromatic N) is 1. The lowest BCUT2D eigenvalue weighted by molar-refractivity contribution is -0.111. The molecule has 3 rings (SSSR count). The lowest BCUT2D eigenvalue weighted by Crippen LogP contribution is -2.32. The highest BCUT2D eigenvalue weighted by Crippen LogP contribution is 2.50. The molecule has 2 aliphatic carbocycles. The van der Waals surface area contributed by atoms with E-state index in [2.05, 4.69) is 16.6 Å². The zero-order chi connectivity index (χ0) is 15.2. The van der Waals surface area contributed by atoms with Crippen molar-refractivity contribution in [2.75, 3.05) is 0 Å². The van der Waals surface area contributed by atoms with Crippen molar-refractivity contribution in [2.45, 2.75) is 46.0 Å². The molecule has 1 heterocycles. The molecular formula is C16H19NO4. The Morgan fingerprint density at radius 1 is 1.43 bits per heavy atom. The summed E-state index contributed by atoms with van der Waals surface area (Å²) in [5.74, 6) is -0.00478. The van der Waals surface area contributed by atoms with Gasteiger partial charge in [-0.05, 0) is 48.9 Å². The Morgan fingerprint density at radius 3 is 2.86 bits per heavy atom. The van der Waals surface area contributed by atoms with Crippen LogP contribution in [0.3, 0.4) is 0 Å². The van der Waals surface area contributed by atoms with Gasteiger partial charge < -0.3 is 4.42 Å². The molecule has 0 radical (unpaired) electrons. The second-order valence-electron chi connectivity index (χ2n) is 6.38. The molecule has 1 saturated carbocycles. The van der Waals surface area contributed by atoms with Gasteiger partial charge >= 0.3 is 5.82 Å². The number of carbonyl (C=O) groups is 1. The van der Waals surface area contributed by atoms with Gasteiger partial charge in [0.1, 0.15) is 0 Å². The highest BCUT2D eigenvalue weighted by Gasteiger charge is 2.40. The maximum absolute atomic E-state index is 11.9. The fraction of sp³-hybridized carbons (Fsp3) is 0.562. The SMILES string of the molecule is CC1=C2C[C@H]([C@H](C)c3noc(=O)o3)CC[C@@]2(C)C=CC1=O. The van der Waals surface area contributed by atoms with Gasteiger partial charge in [0.05, 0.1) is 0 Å². The number of rotatable bonds is 2. The van der Waals surface area contributed by atoms with Crippen molar-refractivity contribution in [1.82, 2.24) is 5.16 Å². The first-order chi connectivity index (χ1) is 9.90. The summed E-state index contributed by atoms with van der Waals surface area (Å²) in [7, 11) is 0. The largest absolute Gasteiger partial charge is 0.542 e. The third-order valence-electron chi connectivity index (χ3n) is 5.11. The molecule has 3 atom stereocenters. The van der Waals surface area contributed by atoms with Crippen molar-refractivity contribution in [3.8, 4) is 0 Å². The highest BCUT2D eigenvalue weighted by atomic mass is 16.6. The average molecular weight is 289 g/mol. The molecule has 21 heavy (non-hydrogen) atoms. The second-order valence-corrected chi connectivity index (χ2v) is 6.38. The van der Waals surface area contributed by atoms with Crippen LogP contribution in [0.15, 0.2) is 37.0 Å². The fourth-order valence-corrected chi connectivity index (χ4v) is 3.54. The van der Waals surface area contributed by atoms with Gasteiger partial charge in [-0.2, -0.15) is 0 Å². The van der Waals surface area contributed by atoms with E-state index in [4.69, 9.17) is 4.42 Å². The van der Waals surface area contributed by atoms with Crippen LogP contribution < -0.4 is 5.82 Å². The molecule has 1 fully saturated rings. The number of carbonyl (C=O) groups excluding carboxylic acids is 1. The molecule has 0 spiro atoms. The van der Waals surface area contributed by atoms with Crippen LogP contribution >= 0.6 is 0 Å². The van der Waals surface area contributed by atoms with Gasteiger partial charge in [0.15, 0.2) is 5.78 Å². The summed E-state index contributed by atoms with van der Waals surface area (Å²) in [5, 5.41) is 3.70. The first-order valence-electron chi connectivity index (χ1n) is 7.31. The van der Waals surface area contributed by atoms with E-state index in [1.165, 1.54) is 5.57 Å². The predicted octanol–water partition coefficient (Wildman–Crippen LogP) is 2.99. The summed E-state index contributed by atoms with van der Waals surface area (Å²) in [6.07, 6.45) is 6.55. The van der Waals surface area contributed by atoms with Crippen LogP contribution in [0.1, 0.15) is 51.8 Å². The summed E-state index contributed by atoms with van der Waals surface area (Å²) in [6, 6.07) is 0. The van der Waals surface area contributed by atoms with Gasteiger partial charge in [0, 0.05) is 11.3 Å².